The molecule has 2 N–H and O–H groups in total. The van der Waals surface area contributed by atoms with Crippen molar-refractivity contribution in [2.75, 3.05) is 13.1 Å². The second-order valence-corrected chi connectivity index (χ2v) is 7.37. The van der Waals surface area contributed by atoms with E-state index in [2.05, 4.69) is 34.8 Å². The molecule has 2 heterocycles. The third-order valence-electron chi connectivity index (χ3n) is 4.86. The first-order valence-electron chi connectivity index (χ1n) is 8.32. The van der Waals surface area contributed by atoms with Gasteiger partial charge in [0.15, 0.2) is 0 Å². The molecule has 120 valence electrons. The predicted octanol–water partition coefficient (Wildman–Crippen LogP) is 3.18. The largest absolute Gasteiger partial charge is 0.390 e. The molecule has 1 aliphatic rings. The van der Waals surface area contributed by atoms with E-state index in [4.69, 9.17) is 0 Å². The molecule has 0 amide bonds. The summed E-state index contributed by atoms with van der Waals surface area (Å²) < 4.78 is 0. The van der Waals surface area contributed by atoms with Crippen LogP contribution in [0.1, 0.15) is 39.4 Å². The molecule has 0 bridgehead atoms. The summed E-state index contributed by atoms with van der Waals surface area (Å²) >= 11 is 0. The van der Waals surface area contributed by atoms with Crippen LogP contribution in [0.15, 0.2) is 24.3 Å². The van der Waals surface area contributed by atoms with Crippen LogP contribution in [0.25, 0.3) is 11.0 Å². The number of H-pyrrole nitrogens is 1. The normalized spacial score (nSPS) is 26.9. The number of aromatic amines is 1. The van der Waals surface area contributed by atoms with Gasteiger partial charge in [-0.25, -0.2) is 4.98 Å². The number of piperidine rings is 1. The molecule has 3 rings (SSSR count). The molecule has 0 spiro atoms. The molecule has 22 heavy (non-hydrogen) atoms. The number of imidazole rings is 1. The van der Waals surface area contributed by atoms with E-state index < -0.39 is 5.60 Å². The lowest BCUT2D eigenvalue weighted by atomic mass is 9.78. The molecule has 0 unspecified atom stereocenters. The molecule has 1 aromatic heterocycles. The topological polar surface area (TPSA) is 52.2 Å². The maximum absolute atomic E-state index is 10.6. The number of hydrogen-bond acceptors (Lipinski definition) is 3. The highest BCUT2D eigenvalue weighted by Gasteiger charge is 2.37. The number of benzene rings is 1. The summed E-state index contributed by atoms with van der Waals surface area (Å²) in [5, 5.41) is 10.6. The van der Waals surface area contributed by atoms with Gasteiger partial charge in [-0.2, -0.15) is 0 Å². The minimum absolute atomic E-state index is 0.339. The fraction of sp³-hybridized carbons (Fsp3) is 0.611. The summed E-state index contributed by atoms with van der Waals surface area (Å²) in [5.74, 6) is 1.97. The fourth-order valence-electron chi connectivity index (χ4n) is 3.52. The van der Waals surface area contributed by atoms with Crippen LogP contribution in [0.5, 0.6) is 0 Å². The fourth-order valence-corrected chi connectivity index (χ4v) is 3.52. The van der Waals surface area contributed by atoms with Crippen LogP contribution in [0, 0.1) is 11.8 Å². The summed E-state index contributed by atoms with van der Waals surface area (Å²) in [6.45, 7) is 9.17. The molecule has 2 aromatic rings. The van der Waals surface area contributed by atoms with Gasteiger partial charge in [-0.05, 0) is 37.8 Å². The van der Waals surface area contributed by atoms with Crippen molar-refractivity contribution < 1.29 is 5.11 Å². The summed E-state index contributed by atoms with van der Waals surface area (Å²) in [4.78, 5) is 10.5. The van der Waals surface area contributed by atoms with Gasteiger partial charge in [0.25, 0.3) is 0 Å². The maximum Gasteiger partial charge on any atom is 0.121 e. The Morgan fingerprint density at radius 2 is 2.18 bits per heavy atom. The highest BCUT2D eigenvalue weighted by atomic mass is 16.3. The lowest BCUT2D eigenvalue weighted by Gasteiger charge is -2.43. The first-order chi connectivity index (χ1) is 10.4. The highest BCUT2D eigenvalue weighted by Crippen LogP contribution is 2.32. The van der Waals surface area contributed by atoms with E-state index in [9.17, 15) is 5.11 Å². The number of nitrogens with one attached hydrogen (secondary N) is 1. The van der Waals surface area contributed by atoms with Crippen molar-refractivity contribution >= 4 is 11.0 Å². The number of nitrogens with zero attached hydrogens (tertiary/aromatic N) is 2. The number of aromatic nitrogens is 2. The van der Waals surface area contributed by atoms with Crippen molar-refractivity contribution in [2.24, 2.45) is 11.8 Å². The SMILES string of the molecule is CC(C)C[C@@H]1CN(Cc2nc3ccccc3[nH]2)CC[C@]1(C)O. The first kappa shape index (κ1) is 15.5. The zero-order valence-corrected chi connectivity index (χ0v) is 13.8. The standard InChI is InChI=1S/C18H27N3O/c1-13(2)10-14-11-21(9-8-18(14,3)22)12-17-19-15-6-4-5-7-16(15)20-17/h4-7,13-14,22H,8-12H2,1-3H3,(H,19,20)/t14-,18+/m1/s1. The number of likely N-dealkylation sites (tertiary alicyclic amines) is 1. The third kappa shape index (κ3) is 3.33. The Morgan fingerprint density at radius 1 is 1.41 bits per heavy atom. The van der Waals surface area contributed by atoms with Gasteiger partial charge in [0.1, 0.15) is 5.82 Å². The van der Waals surface area contributed by atoms with Crippen LogP contribution < -0.4 is 0 Å². The van der Waals surface area contributed by atoms with Gasteiger partial charge in [-0.1, -0.05) is 26.0 Å². The minimum atomic E-state index is -0.533. The second kappa shape index (κ2) is 6.01. The quantitative estimate of drug-likeness (QED) is 0.912. The monoisotopic (exact) mass is 301 g/mol. The minimum Gasteiger partial charge on any atom is -0.390 e. The zero-order chi connectivity index (χ0) is 15.7. The van der Waals surface area contributed by atoms with Crippen LogP contribution in [-0.2, 0) is 6.54 Å². The molecule has 1 aromatic carbocycles. The molecule has 0 saturated carbocycles. The molecule has 2 atom stereocenters. The number of aliphatic hydroxyl groups is 1. The predicted molar refractivity (Wildman–Crippen MR) is 89.6 cm³/mol. The van der Waals surface area contributed by atoms with E-state index in [0.29, 0.717) is 11.8 Å². The molecular formula is C18H27N3O. The molecule has 4 nitrogen and oxygen atoms in total. The Labute approximate surface area is 132 Å². The molecule has 1 aliphatic heterocycles. The smallest absolute Gasteiger partial charge is 0.121 e. The maximum atomic E-state index is 10.6. The van der Waals surface area contributed by atoms with Gasteiger partial charge < -0.3 is 10.1 Å². The Bertz CT molecular complexity index is 599. The zero-order valence-electron chi connectivity index (χ0n) is 13.8. The molecular weight excluding hydrogens is 274 g/mol. The molecule has 1 fully saturated rings. The van der Waals surface area contributed by atoms with E-state index in [0.717, 1.165) is 49.3 Å². The van der Waals surface area contributed by atoms with Crippen molar-refractivity contribution in [3.8, 4) is 0 Å². The summed E-state index contributed by atoms with van der Waals surface area (Å²) in [5.41, 5.74) is 1.59. The molecule has 0 aliphatic carbocycles. The Hall–Kier alpha value is -1.39. The molecule has 4 heteroatoms. The van der Waals surface area contributed by atoms with E-state index >= 15 is 0 Å². The van der Waals surface area contributed by atoms with Crippen molar-refractivity contribution in [2.45, 2.75) is 45.8 Å². The van der Waals surface area contributed by atoms with Gasteiger partial charge in [0.05, 0.1) is 23.2 Å². The lowest BCUT2D eigenvalue weighted by Crippen LogP contribution is -2.50. The summed E-state index contributed by atoms with van der Waals surface area (Å²) in [6.07, 6.45) is 1.91. The number of rotatable bonds is 4. The van der Waals surface area contributed by atoms with Gasteiger partial charge in [0, 0.05) is 19.0 Å². The van der Waals surface area contributed by atoms with Crippen LogP contribution in [0.2, 0.25) is 0 Å². The highest BCUT2D eigenvalue weighted by molar-refractivity contribution is 5.74. The number of fused-ring (bicyclic) bond motifs is 1. The summed E-state index contributed by atoms with van der Waals surface area (Å²) in [6, 6.07) is 8.15. The number of para-hydroxylation sites is 2. The van der Waals surface area contributed by atoms with Gasteiger partial charge >= 0.3 is 0 Å². The molecule has 1 saturated heterocycles. The van der Waals surface area contributed by atoms with Crippen LogP contribution >= 0.6 is 0 Å². The van der Waals surface area contributed by atoms with Gasteiger partial charge in [0.2, 0.25) is 0 Å². The van der Waals surface area contributed by atoms with Crippen molar-refractivity contribution in [1.29, 1.82) is 0 Å². The first-order valence-corrected chi connectivity index (χ1v) is 8.32. The van der Waals surface area contributed by atoms with Crippen molar-refractivity contribution in [3.05, 3.63) is 30.1 Å². The molecule has 0 radical (unpaired) electrons. The van der Waals surface area contributed by atoms with Crippen LogP contribution in [0.3, 0.4) is 0 Å². The van der Waals surface area contributed by atoms with E-state index in [1.165, 1.54) is 0 Å². The Kier molecular flexibility index (Phi) is 4.24. The van der Waals surface area contributed by atoms with E-state index in [-0.39, 0.29) is 0 Å². The van der Waals surface area contributed by atoms with E-state index in [1.54, 1.807) is 0 Å². The second-order valence-electron chi connectivity index (χ2n) is 7.37. The lowest BCUT2D eigenvalue weighted by molar-refractivity contribution is -0.0668. The third-order valence-corrected chi connectivity index (χ3v) is 4.86. The van der Waals surface area contributed by atoms with Gasteiger partial charge in [-0.15, -0.1) is 0 Å². The summed E-state index contributed by atoms with van der Waals surface area (Å²) in [7, 11) is 0. The average molecular weight is 301 g/mol. The Morgan fingerprint density at radius 3 is 2.91 bits per heavy atom. The number of hydrogen-bond donors (Lipinski definition) is 2. The Balaban J connectivity index is 1.70. The van der Waals surface area contributed by atoms with E-state index in [1.807, 2.05) is 25.1 Å². The van der Waals surface area contributed by atoms with Crippen molar-refractivity contribution in [1.82, 2.24) is 14.9 Å². The van der Waals surface area contributed by atoms with Crippen molar-refractivity contribution in [3.63, 3.8) is 0 Å². The van der Waals surface area contributed by atoms with Gasteiger partial charge in [-0.3, -0.25) is 4.90 Å². The average Bonchev–Trinajstić information content (AvgIpc) is 2.84. The van der Waals surface area contributed by atoms with Crippen LogP contribution in [-0.4, -0.2) is 38.7 Å². The van der Waals surface area contributed by atoms with Crippen LogP contribution in [0.4, 0.5) is 0 Å².